The van der Waals surface area contributed by atoms with Crippen molar-refractivity contribution in [3.63, 3.8) is 0 Å². The molecular formula is C14H16F3N5O. The van der Waals surface area contributed by atoms with Crippen molar-refractivity contribution in [2.24, 2.45) is 7.05 Å². The lowest BCUT2D eigenvalue weighted by Gasteiger charge is -2.31. The minimum atomic E-state index is -4.53. The number of hydrogen-bond acceptors (Lipinski definition) is 3. The molecule has 1 atom stereocenters. The van der Waals surface area contributed by atoms with Crippen LogP contribution in [0.3, 0.4) is 0 Å². The number of amides is 1. The molecule has 1 aliphatic rings. The zero-order valence-electron chi connectivity index (χ0n) is 12.5. The van der Waals surface area contributed by atoms with Crippen molar-refractivity contribution >= 4 is 5.91 Å². The molecule has 9 heteroatoms. The van der Waals surface area contributed by atoms with E-state index in [1.54, 1.807) is 11.1 Å². The van der Waals surface area contributed by atoms with E-state index in [1.165, 1.54) is 7.05 Å². The Labute approximate surface area is 130 Å². The van der Waals surface area contributed by atoms with E-state index in [-0.39, 0.29) is 11.6 Å². The molecule has 2 aromatic heterocycles. The summed E-state index contributed by atoms with van der Waals surface area (Å²) in [7, 11) is 1.18. The fourth-order valence-electron chi connectivity index (χ4n) is 2.91. The van der Waals surface area contributed by atoms with Crippen LogP contribution in [-0.4, -0.2) is 43.9 Å². The van der Waals surface area contributed by atoms with Gasteiger partial charge in [-0.2, -0.15) is 23.4 Å². The van der Waals surface area contributed by atoms with Crippen molar-refractivity contribution < 1.29 is 18.0 Å². The summed E-state index contributed by atoms with van der Waals surface area (Å²) in [4.78, 5) is 14.0. The molecule has 124 valence electrons. The first-order valence-corrected chi connectivity index (χ1v) is 7.26. The van der Waals surface area contributed by atoms with Gasteiger partial charge in [-0.15, -0.1) is 0 Å². The van der Waals surface area contributed by atoms with E-state index in [0.29, 0.717) is 17.8 Å². The van der Waals surface area contributed by atoms with Crippen molar-refractivity contribution in [3.05, 3.63) is 35.4 Å². The van der Waals surface area contributed by atoms with Crippen LogP contribution in [0, 0.1) is 0 Å². The van der Waals surface area contributed by atoms with Crippen molar-refractivity contribution in [3.8, 4) is 0 Å². The van der Waals surface area contributed by atoms with Crippen LogP contribution in [0.2, 0.25) is 0 Å². The smallest absolute Gasteiger partial charge is 0.337 e. The highest BCUT2D eigenvalue weighted by Crippen LogP contribution is 2.30. The molecule has 3 heterocycles. The minimum absolute atomic E-state index is 0.112. The summed E-state index contributed by atoms with van der Waals surface area (Å²) in [5, 5.41) is 10.5. The maximum Gasteiger partial charge on any atom is 0.433 e. The van der Waals surface area contributed by atoms with Crippen LogP contribution < -0.4 is 0 Å². The van der Waals surface area contributed by atoms with E-state index >= 15 is 0 Å². The Bertz CT molecular complexity index is 692. The molecule has 2 aromatic rings. The molecule has 0 aromatic carbocycles. The molecule has 1 unspecified atom stereocenters. The normalized spacial score (nSPS) is 19.1. The van der Waals surface area contributed by atoms with Crippen molar-refractivity contribution in [2.45, 2.75) is 24.9 Å². The van der Waals surface area contributed by atoms with Crippen molar-refractivity contribution in [1.82, 2.24) is 24.9 Å². The van der Waals surface area contributed by atoms with Gasteiger partial charge >= 0.3 is 6.18 Å². The Morgan fingerprint density at radius 1 is 1.43 bits per heavy atom. The molecule has 6 nitrogen and oxygen atoms in total. The summed E-state index contributed by atoms with van der Waals surface area (Å²) in [5.74, 6) is -0.360. The van der Waals surface area contributed by atoms with Crippen LogP contribution >= 0.6 is 0 Å². The zero-order chi connectivity index (χ0) is 16.6. The quantitative estimate of drug-likeness (QED) is 0.919. The SMILES string of the molecule is Cn1nc(C(=O)N2CCCC(c3ccn[nH]3)C2)cc1C(F)(F)F. The first kappa shape index (κ1) is 15.6. The van der Waals surface area contributed by atoms with Crippen LogP contribution in [-0.2, 0) is 13.2 Å². The number of alkyl halides is 3. The van der Waals surface area contributed by atoms with Gasteiger partial charge in [0, 0.05) is 44.0 Å². The number of nitrogens with one attached hydrogen (secondary N) is 1. The van der Waals surface area contributed by atoms with E-state index < -0.39 is 17.8 Å². The minimum Gasteiger partial charge on any atom is -0.337 e. The maximum absolute atomic E-state index is 12.8. The molecule has 1 fully saturated rings. The number of hydrogen-bond donors (Lipinski definition) is 1. The Kier molecular flexibility index (Phi) is 3.87. The lowest BCUT2D eigenvalue weighted by atomic mass is 9.95. The first-order chi connectivity index (χ1) is 10.9. The summed E-state index contributed by atoms with van der Waals surface area (Å²) >= 11 is 0. The molecule has 0 saturated carbocycles. The Balaban J connectivity index is 1.78. The molecule has 1 aliphatic heterocycles. The number of carbonyl (C=O) groups is 1. The Morgan fingerprint density at radius 3 is 2.83 bits per heavy atom. The van der Waals surface area contributed by atoms with Gasteiger partial charge in [0.1, 0.15) is 5.69 Å². The van der Waals surface area contributed by atoms with Gasteiger partial charge in [0.2, 0.25) is 0 Å². The first-order valence-electron chi connectivity index (χ1n) is 7.26. The van der Waals surface area contributed by atoms with Gasteiger partial charge in [-0.3, -0.25) is 14.6 Å². The second-order valence-corrected chi connectivity index (χ2v) is 5.64. The number of aromatic nitrogens is 4. The molecule has 1 amide bonds. The van der Waals surface area contributed by atoms with Crippen molar-refractivity contribution in [1.29, 1.82) is 0 Å². The molecule has 3 rings (SSSR count). The third-order valence-electron chi connectivity index (χ3n) is 4.06. The average molecular weight is 327 g/mol. The summed E-state index contributed by atoms with van der Waals surface area (Å²) in [5.41, 5.74) is -0.174. The van der Waals surface area contributed by atoms with Gasteiger partial charge in [0.25, 0.3) is 5.91 Å². The fourth-order valence-corrected chi connectivity index (χ4v) is 2.91. The van der Waals surface area contributed by atoms with Crippen LogP contribution in [0.1, 0.15) is 40.6 Å². The number of aryl methyl sites for hydroxylation is 1. The molecule has 0 spiro atoms. The number of aromatic amines is 1. The standard InChI is InChI=1S/C14H16F3N5O/c1-21-12(14(15,16)17)7-11(20-21)13(23)22-6-2-3-9(8-22)10-4-5-18-19-10/h4-5,7,9H,2-3,6,8H2,1H3,(H,18,19). The fraction of sp³-hybridized carbons (Fsp3) is 0.500. The lowest BCUT2D eigenvalue weighted by molar-refractivity contribution is -0.143. The van der Waals surface area contributed by atoms with Gasteiger partial charge in [0.15, 0.2) is 5.69 Å². The van der Waals surface area contributed by atoms with Gasteiger partial charge in [-0.05, 0) is 18.9 Å². The van der Waals surface area contributed by atoms with Gasteiger partial charge < -0.3 is 4.90 Å². The highest BCUT2D eigenvalue weighted by molar-refractivity contribution is 5.92. The van der Waals surface area contributed by atoms with Crippen LogP contribution in [0.25, 0.3) is 0 Å². The third-order valence-corrected chi connectivity index (χ3v) is 4.06. The second kappa shape index (κ2) is 5.71. The molecular weight excluding hydrogens is 311 g/mol. The monoisotopic (exact) mass is 327 g/mol. The largest absolute Gasteiger partial charge is 0.433 e. The summed E-state index contributed by atoms with van der Waals surface area (Å²) in [6.45, 7) is 0.959. The average Bonchev–Trinajstić information content (AvgIpc) is 3.15. The maximum atomic E-state index is 12.8. The van der Waals surface area contributed by atoms with Gasteiger partial charge in [-0.1, -0.05) is 0 Å². The Hall–Kier alpha value is -2.32. The van der Waals surface area contributed by atoms with E-state index in [1.807, 2.05) is 6.07 Å². The predicted molar refractivity (Wildman–Crippen MR) is 74.7 cm³/mol. The number of nitrogens with zero attached hydrogens (tertiary/aromatic N) is 4. The molecule has 23 heavy (non-hydrogen) atoms. The summed E-state index contributed by atoms with van der Waals surface area (Å²) in [6, 6.07) is 2.66. The van der Waals surface area contributed by atoms with E-state index in [9.17, 15) is 18.0 Å². The molecule has 0 radical (unpaired) electrons. The number of piperidine rings is 1. The van der Waals surface area contributed by atoms with Gasteiger partial charge in [-0.25, -0.2) is 0 Å². The van der Waals surface area contributed by atoms with E-state index in [4.69, 9.17) is 0 Å². The zero-order valence-corrected chi connectivity index (χ0v) is 12.5. The third kappa shape index (κ3) is 3.08. The second-order valence-electron chi connectivity index (χ2n) is 5.64. The number of likely N-dealkylation sites (tertiary alicyclic amines) is 1. The molecule has 0 bridgehead atoms. The van der Waals surface area contributed by atoms with Gasteiger partial charge in [0.05, 0.1) is 0 Å². The van der Waals surface area contributed by atoms with Crippen LogP contribution in [0.5, 0.6) is 0 Å². The lowest BCUT2D eigenvalue weighted by Crippen LogP contribution is -2.39. The molecule has 1 saturated heterocycles. The van der Waals surface area contributed by atoms with Crippen LogP contribution in [0.4, 0.5) is 13.2 Å². The Morgan fingerprint density at radius 2 is 2.22 bits per heavy atom. The number of halogens is 3. The highest BCUT2D eigenvalue weighted by Gasteiger charge is 2.36. The number of H-pyrrole nitrogens is 1. The topological polar surface area (TPSA) is 66.8 Å². The van der Waals surface area contributed by atoms with E-state index in [0.717, 1.165) is 24.6 Å². The predicted octanol–water partition coefficient (Wildman–Crippen LogP) is 2.18. The highest BCUT2D eigenvalue weighted by atomic mass is 19.4. The summed E-state index contributed by atoms with van der Waals surface area (Å²) < 4.78 is 39.2. The summed E-state index contributed by atoms with van der Waals surface area (Å²) in [6.07, 6.45) is -1.19. The van der Waals surface area contributed by atoms with E-state index in [2.05, 4.69) is 15.3 Å². The number of rotatable bonds is 2. The number of carbonyl (C=O) groups excluding carboxylic acids is 1. The van der Waals surface area contributed by atoms with Crippen molar-refractivity contribution in [2.75, 3.05) is 13.1 Å². The molecule has 1 N–H and O–H groups in total. The molecule has 0 aliphatic carbocycles. The van der Waals surface area contributed by atoms with Crippen LogP contribution in [0.15, 0.2) is 18.3 Å².